The molecule has 1 heterocycles. The number of hydrogen-bond acceptors (Lipinski definition) is 3. The zero-order valence-corrected chi connectivity index (χ0v) is 9.70. The Hall–Kier alpha value is -1.61. The number of nitrogens with one attached hydrogen (secondary N) is 1. The number of aromatic nitrogens is 2. The van der Waals surface area contributed by atoms with E-state index in [1.54, 1.807) is 12.4 Å². The molecule has 0 fully saturated rings. The van der Waals surface area contributed by atoms with Crippen LogP contribution >= 0.6 is 11.6 Å². The molecular weight excluding hydrogens is 222 g/mol. The van der Waals surface area contributed by atoms with E-state index in [1.165, 1.54) is 6.33 Å². The average Bonchev–Trinajstić information content (AvgIpc) is 2.30. The smallest absolute Gasteiger partial charge is 0.115 e. The Bertz CT molecular complexity index is 451. The summed E-state index contributed by atoms with van der Waals surface area (Å²) in [5.74, 6) is 0. The monoisotopic (exact) mass is 233 g/mol. The van der Waals surface area contributed by atoms with Crippen LogP contribution < -0.4 is 5.32 Å². The van der Waals surface area contributed by atoms with Gasteiger partial charge in [-0.1, -0.05) is 23.7 Å². The lowest BCUT2D eigenvalue weighted by molar-refractivity contribution is 1.05. The molecule has 1 N–H and O–H groups in total. The molecule has 1 aromatic carbocycles. The predicted octanol–water partition coefficient (Wildman–Crippen LogP) is 3.05. The fraction of sp³-hybridized carbons (Fsp3) is 0.167. The quantitative estimate of drug-likeness (QED) is 0.886. The second-order valence-corrected chi connectivity index (χ2v) is 3.94. The van der Waals surface area contributed by atoms with E-state index >= 15 is 0 Å². The molecule has 82 valence electrons. The zero-order valence-electron chi connectivity index (χ0n) is 8.94. The second-order valence-electron chi connectivity index (χ2n) is 3.53. The Labute approximate surface area is 99.5 Å². The lowest BCUT2D eigenvalue weighted by Crippen LogP contribution is -2.02. The van der Waals surface area contributed by atoms with Gasteiger partial charge < -0.3 is 5.32 Å². The maximum atomic E-state index is 6.10. The van der Waals surface area contributed by atoms with E-state index in [4.69, 9.17) is 11.6 Å². The van der Waals surface area contributed by atoms with Gasteiger partial charge in [0.2, 0.25) is 0 Å². The lowest BCUT2D eigenvalue weighted by atomic mass is 10.2. The van der Waals surface area contributed by atoms with Gasteiger partial charge in [-0.2, -0.15) is 0 Å². The van der Waals surface area contributed by atoms with Crippen molar-refractivity contribution >= 4 is 17.3 Å². The third-order valence-electron chi connectivity index (χ3n) is 2.31. The highest BCUT2D eigenvalue weighted by Crippen LogP contribution is 2.25. The van der Waals surface area contributed by atoms with Gasteiger partial charge in [0, 0.05) is 24.5 Å². The molecule has 0 saturated heterocycles. The van der Waals surface area contributed by atoms with Crippen molar-refractivity contribution in [2.45, 2.75) is 13.5 Å². The first-order valence-corrected chi connectivity index (χ1v) is 5.38. The molecule has 0 aliphatic heterocycles. The first kappa shape index (κ1) is 10.9. The molecular formula is C12H12ClN3. The minimum atomic E-state index is 0.672. The number of hydrogen-bond donors (Lipinski definition) is 1. The van der Waals surface area contributed by atoms with Gasteiger partial charge in [0.05, 0.1) is 10.7 Å². The van der Waals surface area contributed by atoms with Crippen molar-refractivity contribution in [3.05, 3.63) is 53.1 Å². The lowest BCUT2D eigenvalue weighted by Gasteiger charge is -2.10. The molecule has 0 aliphatic carbocycles. The minimum absolute atomic E-state index is 0.672. The summed E-state index contributed by atoms with van der Waals surface area (Å²) in [5, 5.41) is 4.02. The Morgan fingerprint density at radius 1 is 1.25 bits per heavy atom. The summed E-state index contributed by atoms with van der Waals surface area (Å²) in [6.45, 7) is 2.70. The molecule has 0 radical (unpaired) electrons. The molecule has 0 atom stereocenters. The van der Waals surface area contributed by atoms with Crippen molar-refractivity contribution in [2.24, 2.45) is 0 Å². The highest BCUT2D eigenvalue weighted by atomic mass is 35.5. The molecule has 16 heavy (non-hydrogen) atoms. The van der Waals surface area contributed by atoms with Crippen LogP contribution in [0.4, 0.5) is 5.69 Å². The van der Waals surface area contributed by atoms with E-state index in [9.17, 15) is 0 Å². The van der Waals surface area contributed by atoms with Gasteiger partial charge in [0.1, 0.15) is 6.33 Å². The first-order chi connectivity index (χ1) is 7.77. The summed E-state index contributed by atoms with van der Waals surface area (Å²) in [7, 11) is 0. The second kappa shape index (κ2) is 4.94. The van der Waals surface area contributed by atoms with Gasteiger partial charge in [0.25, 0.3) is 0 Å². The Morgan fingerprint density at radius 3 is 2.69 bits per heavy atom. The van der Waals surface area contributed by atoms with E-state index < -0.39 is 0 Å². The number of rotatable bonds is 3. The van der Waals surface area contributed by atoms with E-state index in [0.717, 1.165) is 21.8 Å². The minimum Gasteiger partial charge on any atom is -0.379 e. The first-order valence-electron chi connectivity index (χ1n) is 5.00. The van der Waals surface area contributed by atoms with Crippen LogP contribution in [0, 0.1) is 6.92 Å². The van der Waals surface area contributed by atoms with Crippen LogP contribution in [-0.4, -0.2) is 9.97 Å². The number of benzene rings is 1. The third kappa shape index (κ3) is 2.49. The van der Waals surface area contributed by atoms with Crippen LogP contribution in [0.2, 0.25) is 5.02 Å². The van der Waals surface area contributed by atoms with Crippen molar-refractivity contribution in [1.82, 2.24) is 9.97 Å². The molecule has 0 spiro atoms. The van der Waals surface area contributed by atoms with Crippen LogP contribution in [0.5, 0.6) is 0 Å². The van der Waals surface area contributed by atoms with Crippen molar-refractivity contribution in [3.63, 3.8) is 0 Å². The summed E-state index contributed by atoms with van der Waals surface area (Å²) in [6, 6.07) is 5.84. The maximum absolute atomic E-state index is 6.10. The van der Waals surface area contributed by atoms with Crippen LogP contribution in [0.25, 0.3) is 0 Å². The molecule has 0 saturated carbocycles. The highest BCUT2D eigenvalue weighted by Gasteiger charge is 2.02. The van der Waals surface area contributed by atoms with Crippen LogP contribution in [0.15, 0.2) is 36.9 Å². The Kier molecular flexibility index (Phi) is 3.37. The number of nitrogens with zero attached hydrogens (tertiary/aromatic N) is 2. The number of aryl methyl sites for hydroxylation is 1. The largest absolute Gasteiger partial charge is 0.379 e. The van der Waals surface area contributed by atoms with Crippen molar-refractivity contribution in [1.29, 1.82) is 0 Å². The molecule has 1 aromatic heterocycles. The topological polar surface area (TPSA) is 37.8 Å². The SMILES string of the molecule is Cc1cccc(Cl)c1NCc1cncnc1. The molecule has 0 aliphatic rings. The fourth-order valence-corrected chi connectivity index (χ4v) is 1.76. The summed E-state index contributed by atoms with van der Waals surface area (Å²) >= 11 is 6.10. The Morgan fingerprint density at radius 2 is 2.00 bits per heavy atom. The zero-order chi connectivity index (χ0) is 11.4. The van der Waals surface area contributed by atoms with Gasteiger partial charge in [-0.25, -0.2) is 9.97 Å². The molecule has 2 aromatic rings. The molecule has 3 nitrogen and oxygen atoms in total. The third-order valence-corrected chi connectivity index (χ3v) is 2.62. The standard InChI is InChI=1S/C12H12ClN3/c1-9-3-2-4-11(13)12(9)16-7-10-5-14-8-15-6-10/h2-6,8,16H,7H2,1H3. The summed E-state index contributed by atoms with van der Waals surface area (Å²) in [6.07, 6.45) is 5.09. The van der Waals surface area contributed by atoms with Crippen LogP contribution in [-0.2, 0) is 6.54 Å². The fourth-order valence-electron chi connectivity index (χ4n) is 1.47. The summed E-state index contributed by atoms with van der Waals surface area (Å²) in [4.78, 5) is 7.92. The van der Waals surface area contributed by atoms with Gasteiger partial charge in [0.15, 0.2) is 0 Å². The average molecular weight is 234 g/mol. The number of halogens is 1. The van der Waals surface area contributed by atoms with Gasteiger partial charge in [-0.3, -0.25) is 0 Å². The summed E-state index contributed by atoms with van der Waals surface area (Å²) in [5.41, 5.74) is 3.12. The van der Waals surface area contributed by atoms with Crippen molar-refractivity contribution < 1.29 is 0 Å². The van der Waals surface area contributed by atoms with E-state index in [0.29, 0.717) is 6.54 Å². The number of para-hydroxylation sites is 1. The summed E-state index contributed by atoms with van der Waals surface area (Å²) < 4.78 is 0. The van der Waals surface area contributed by atoms with Crippen LogP contribution in [0.1, 0.15) is 11.1 Å². The number of anilines is 1. The van der Waals surface area contributed by atoms with Crippen molar-refractivity contribution in [2.75, 3.05) is 5.32 Å². The van der Waals surface area contributed by atoms with Gasteiger partial charge in [-0.05, 0) is 18.6 Å². The molecule has 0 bridgehead atoms. The molecule has 2 rings (SSSR count). The Balaban J connectivity index is 2.11. The predicted molar refractivity (Wildman–Crippen MR) is 65.5 cm³/mol. The van der Waals surface area contributed by atoms with Crippen molar-refractivity contribution in [3.8, 4) is 0 Å². The van der Waals surface area contributed by atoms with E-state index in [1.807, 2.05) is 25.1 Å². The van der Waals surface area contributed by atoms with Gasteiger partial charge in [-0.15, -0.1) is 0 Å². The molecule has 4 heteroatoms. The van der Waals surface area contributed by atoms with Crippen LogP contribution in [0.3, 0.4) is 0 Å². The highest BCUT2D eigenvalue weighted by molar-refractivity contribution is 6.33. The normalized spacial score (nSPS) is 10.1. The molecule has 0 unspecified atom stereocenters. The van der Waals surface area contributed by atoms with Gasteiger partial charge >= 0.3 is 0 Å². The van der Waals surface area contributed by atoms with E-state index in [2.05, 4.69) is 15.3 Å². The van der Waals surface area contributed by atoms with E-state index in [-0.39, 0.29) is 0 Å². The maximum Gasteiger partial charge on any atom is 0.115 e. The molecule has 0 amide bonds.